The summed E-state index contributed by atoms with van der Waals surface area (Å²) in [5, 5.41) is 5.68. The first kappa shape index (κ1) is 22.3. The molecule has 0 spiro atoms. The molecule has 0 saturated heterocycles. The average Bonchev–Trinajstić information content (AvgIpc) is 2.75. The third kappa shape index (κ3) is 5.62. The van der Waals surface area contributed by atoms with Crippen LogP contribution in [-0.4, -0.2) is 37.1 Å². The molecule has 3 nitrogen and oxygen atoms in total. The van der Waals surface area contributed by atoms with Gasteiger partial charge in [0.15, 0.2) is 0 Å². The van der Waals surface area contributed by atoms with Gasteiger partial charge in [0.25, 0.3) is 0 Å². The summed E-state index contributed by atoms with van der Waals surface area (Å²) in [7, 11) is 4.24. The number of halogens is 3. The van der Waals surface area contributed by atoms with Gasteiger partial charge in [0.05, 0.1) is 5.52 Å². The summed E-state index contributed by atoms with van der Waals surface area (Å²) in [4.78, 5) is 7.15. The van der Waals surface area contributed by atoms with Crippen molar-refractivity contribution in [2.45, 2.75) is 38.5 Å². The molecule has 1 aromatic carbocycles. The summed E-state index contributed by atoms with van der Waals surface area (Å²) >= 11 is 6.18. The van der Waals surface area contributed by atoms with E-state index >= 15 is 0 Å². The quantitative estimate of drug-likeness (QED) is 0.537. The van der Waals surface area contributed by atoms with E-state index in [0.717, 1.165) is 42.9 Å². The van der Waals surface area contributed by atoms with Crippen molar-refractivity contribution in [3.05, 3.63) is 34.5 Å². The summed E-state index contributed by atoms with van der Waals surface area (Å²) in [6.07, 6.45) is 7.17. The van der Waals surface area contributed by atoms with Crippen LogP contribution in [-0.2, 0) is 12.8 Å². The smallest absolute Gasteiger partial charge is 0.0741 e. The van der Waals surface area contributed by atoms with Crippen LogP contribution in [0, 0.1) is 0 Å². The van der Waals surface area contributed by atoms with Gasteiger partial charge >= 0.3 is 0 Å². The van der Waals surface area contributed by atoms with Gasteiger partial charge in [-0.3, -0.25) is 4.98 Å². The number of fused-ring (bicyclic) bond motifs is 2. The predicted octanol–water partition coefficient (Wildman–Crippen LogP) is 5.36. The second-order valence-corrected chi connectivity index (χ2v) is 7.15. The highest BCUT2D eigenvalue weighted by molar-refractivity contribution is 6.31. The third-order valence-electron chi connectivity index (χ3n) is 4.56. The van der Waals surface area contributed by atoms with Crippen molar-refractivity contribution in [3.8, 4) is 0 Å². The molecule has 1 aromatic heterocycles. The molecule has 0 aliphatic heterocycles. The lowest BCUT2D eigenvalue weighted by Crippen LogP contribution is -2.17. The van der Waals surface area contributed by atoms with Crippen LogP contribution in [0.5, 0.6) is 0 Å². The fourth-order valence-electron chi connectivity index (χ4n) is 3.39. The van der Waals surface area contributed by atoms with Crippen molar-refractivity contribution in [3.63, 3.8) is 0 Å². The summed E-state index contributed by atoms with van der Waals surface area (Å²) in [6.45, 7) is 2.09. The zero-order chi connectivity index (χ0) is 16.2. The molecular weight excluding hydrogens is 377 g/mol. The summed E-state index contributed by atoms with van der Waals surface area (Å²) < 4.78 is 0. The molecule has 6 heteroatoms. The molecule has 0 saturated carbocycles. The number of nitrogens with one attached hydrogen (secondary N) is 1. The van der Waals surface area contributed by atoms with E-state index in [0.29, 0.717) is 0 Å². The minimum atomic E-state index is 0. The second kappa shape index (κ2) is 10.4. The number of rotatable bonds is 5. The van der Waals surface area contributed by atoms with Crippen LogP contribution < -0.4 is 5.32 Å². The van der Waals surface area contributed by atoms with Crippen LogP contribution in [0.25, 0.3) is 10.9 Å². The van der Waals surface area contributed by atoms with Gasteiger partial charge in [0.2, 0.25) is 0 Å². The first-order valence-electron chi connectivity index (χ1n) is 8.65. The number of aromatic nitrogens is 1. The molecule has 1 N–H and O–H groups in total. The molecule has 0 amide bonds. The molecule has 1 aliphatic carbocycles. The van der Waals surface area contributed by atoms with E-state index in [4.69, 9.17) is 16.6 Å². The van der Waals surface area contributed by atoms with Crippen LogP contribution in [0.2, 0.25) is 5.02 Å². The Morgan fingerprint density at radius 2 is 1.88 bits per heavy atom. The topological polar surface area (TPSA) is 28.2 Å². The summed E-state index contributed by atoms with van der Waals surface area (Å²) in [5.74, 6) is 0. The Bertz CT molecular complexity index is 689. The number of hydrogen-bond acceptors (Lipinski definition) is 3. The van der Waals surface area contributed by atoms with Gasteiger partial charge < -0.3 is 10.2 Å². The highest BCUT2D eigenvalue weighted by Gasteiger charge is 2.17. The SMILES string of the molecule is CN(C)CCCNc1c2c(nc3cc(Cl)ccc13)CCCCC2.Cl.Cl. The van der Waals surface area contributed by atoms with E-state index in [1.165, 1.54) is 41.6 Å². The van der Waals surface area contributed by atoms with Crippen molar-refractivity contribution in [2.24, 2.45) is 0 Å². The Labute approximate surface area is 168 Å². The Kier molecular flexibility index (Phi) is 9.29. The zero-order valence-electron chi connectivity index (χ0n) is 15.0. The maximum absolute atomic E-state index is 6.18. The monoisotopic (exact) mass is 403 g/mol. The standard InChI is InChI=1S/C19H26ClN3.2ClH/c1-23(2)12-6-11-21-19-15-7-4-3-5-8-17(15)22-18-13-14(20)9-10-16(18)19;;/h9-10,13H,3-8,11-12H2,1-2H3,(H,21,22);2*1H. The first-order chi connectivity index (χ1) is 11.1. The maximum atomic E-state index is 6.18. The highest BCUT2D eigenvalue weighted by Crippen LogP contribution is 2.33. The molecular formula is C19H28Cl3N3. The van der Waals surface area contributed by atoms with Crippen LogP contribution in [0.3, 0.4) is 0 Å². The Hall–Kier alpha value is -0.740. The van der Waals surface area contributed by atoms with Crippen LogP contribution in [0.15, 0.2) is 18.2 Å². The minimum Gasteiger partial charge on any atom is -0.384 e. The van der Waals surface area contributed by atoms with Gasteiger partial charge in [-0.1, -0.05) is 18.0 Å². The maximum Gasteiger partial charge on any atom is 0.0741 e. The Balaban J connectivity index is 0.00000156. The molecule has 25 heavy (non-hydrogen) atoms. The fraction of sp³-hybridized carbons (Fsp3) is 0.526. The molecule has 3 rings (SSSR count). The molecule has 140 valence electrons. The van der Waals surface area contributed by atoms with Gasteiger partial charge in [0, 0.05) is 28.3 Å². The number of hydrogen-bond donors (Lipinski definition) is 1. The fourth-order valence-corrected chi connectivity index (χ4v) is 3.55. The molecule has 1 heterocycles. The lowest BCUT2D eigenvalue weighted by atomic mass is 10.0. The van der Waals surface area contributed by atoms with Crippen molar-refractivity contribution in [2.75, 3.05) is 32.5 Å². The molecule has 0 bridgehead atoms. The molecule has 0 unspecified atom stereocenters. The Morgan fingerprint density at radius 3 is 2.64 bits per heavy atom. The van der Waals surface area contributed by atoms with Gasteiger partial charge in [-0.05, 0) is 76.5 Å². The molecule has 1 aliphatic rings. The second-order valence-electron chi connectivity index (χ2n) is 6.72. The number of aryl methyl sites for hydroxylation is 1. The van der Waals surface area contributed by atoms with E-state index in [-0.39, 0.29) is 24.8 Å². The van der Waals surface area contributed by atoms with Gasteiger partial charge in [-0.25, -0.2) is 0 Å². The normalized spacial score (nSPS) is 13.6. The highest BCUT2D eigenvalue weighted by atomic mass is 35.5. The molecule has 0 atom stereocenters. The first-order valence-corrected chi connectivity index (χ1v) is 9.02. The van der Waals surface area contributed by atoms with E-state index in [9.17, 15) is 0 Å². The number of pyridine rings is 1. The van der Waals surface area contributed by atoms with Crippen molar-refractivity contribution in [1.82, 2.24) is 9.88 Å². The molecule has 0 radical (unpaired) electrons. The van der Waals surface area contributed by atoms with Crippen molar-refractivity contribution < 1.29 is 0 Å². The third-order valence-corrected chi connectivity index (χ3v) is 4.79. The van der Waals surface area contributed by atoms with Gasteiger partial charge in [-0.2, -0.15) is 0 Å². The Morgan fingerprint density at radius 1 is 1.12 bits per heavy atom. The van der Waals surface area contributed by atoms with Gasteiger partial charge in [0.1, 0.15) is 0 Å². The van der Waals surface area contributed by atoms with Crippen LogP contribution in [0.1, 0.15) is 36.9 Å². The van der Waals surface area contributed by atoms with E-state index < -0.39 is 0 Å². The molecule has 2 aromatic rings. The average molecular weight is 405 g/mol. The van der Waals surface area contributed by atoms with Crippen molar-refractivity contribution >= 4 is 53.0 Å². The van der Waals surface area contributed by atoms with Gasteiger partial charge in [-0.15, -0.1) is 24.8 Å². The van der Waals surface area contributed by atoms with E-state index in [1.807, 2.05) is 12.1 Å². The van der Waals surface area contributed by atoms with Crippen LogP contribution in [0.4, 0.5) is 5.69 Å². The lowest BCUT2D eigenvalue weighted by Gasteiger charge is -2.18. The van der Waals surface area contributed by atoms with E-state index in [2.05, 4.69) is 30.4 Å². The molecule has 0 fully saturated rings. The largest absolute Gasteiger partial charge is 0.384 e. The zero-order valence-corrected chi connectivity index (χ0v) is 17.4. The predicted molar refractivity (Wildman–Crippen MR) is 114 cm³/mol. The number of benzene rings is 1. The minimum absolute atomic E-state index is 0. The van der Waals surface area contributed by atoms with E-state index in [1.54, 1.807) is 0 Å². The summed E-state index contributed by atoms with van der Waals surface area (Å²) in [6, 6.07) is 6.08. The van der Waals surface area contributed by atoms with Crippen molar-refractivity contribution in [1.29, 1.82) is 0 Å². The number of anilines is 1. The lowest BCUT2D eigenvalue weighted by molar-refractivity contribution is 0.405. The summed E-state index contributed by atoms with van der Waals surface area (Å²) in [5.41, 5.74) is 5.02. The number of nitrogens with zero attached hydrogens (tertiary/aromatic N) is 2. The van der Waals surface area contributed by atoms with Crippen LogP contribution >= 0.6 is 36.4 Å².